The number of carbonyl (C=O) groups is 1. The van der Waals surface area contributed by atoms with Crippen molar-refractivity contribution in [3.05, 3.63) is 60.2 Å². The Kier molecular flexibility index (Phi) is 2.92. The summed E-state index contributed by atoms with van der Waals surface area (Å²) in [4.78, 5) is 14.8. The molecule has 2 aliphatic heterocycles. The predicted molar refractivity (Wildman–Crippen MR) is 92.6 cm³/mol. The van der Waals surface area contributed by atoms with Gasteiger partial charge in [0.15, 0.2) is 0 Å². The first-order valence-corrected chi connectivity index (χ1v) is 8.06. The van der Waals surface area contributed by atoms with Crippen LogP contribution in [0.5, 0.6) is 0 Å². The van der Waals surface area contributed by atoms with Crippen molar-refractivity contribution in [2.24, 2.45) is 0 Å². The molecule has 0 radical (unpaired) electrons. The maximum Gasteiger partial charge on any atom is 0.323 e. The normalized spacial score (nSPS) is 28.0. The van der Waals surface area contributed by atoms with Crippen LogP contribution in [0, 0.1) is 0 Å². The number of hydrogen-bond donors (Lipinski definition) is 2. The molecular formula is C19H21N3O. The molecule has 2 aromatic carbocycles. The van der Waals surface area contributed by atoms with Gasteiger partial charge in [0.25, 0.3) is 0 Å². The summed E-state index contributed by atoms with van der Waals surface area (Å²) in [5.41, 5.74) is 2.78. The van der Waals surface area contributed by atoms with Crippen molar-refractivity contribution in [1.82, 2.24) is 4.90 Å². The summed E-state index contributed by atoms with van der Waals surface area (Å²) in [7, 11) is 0. The number of carbonyl (C=O) groups excluding carboxylic acids is 1. The molecule has 0 aliphatic carbocycles. The van der Waals surface area contributed by atoms with Gasteiger partial charge in [0.2, 0.25) is 0 Å². The van der Waals surface area contributed by atoms with E-state index in [2.05, 4.69) is 42.7 Å². The molecule has 0 saturated carbocycles. The summed E-state index contributed by atoms with van der Waals surface area (Å²) in [6, 6.07) is 17.9. The van der Waals surface area contributed by atoms with Crippen molar-refractivity contribution in [3.63, 3.8) is 0 Å². The van der Waals surface area contributed by atoms with Gasteiger partial charge in [0.05, 0.1) is 0 Å². The highest BCUT2D eigenvalue weighted by atomic mass is 16.2. The van der Waals surface area contributed by atoms with E-state index >= 15 is 0 Å². The van der Waals surface area contributed by atoms with E-state index in [1.54, 1.807) is 0 Å². The van der Waals surface area contributed by atoms with Gasteiger partial charge in [-0.25, -0.2) is 4.79 Å². The Morgan fingerprint density at radius 3 is 2.57 bits per heavy atom. The summed E-state index contributed by atoms with van der Waals surface area (Å²) in [5.74, 6) is 0. The molecule has 2 aromatic rings. The van der Waals surface area contributed by atoms with Gasteiger partial charge in [-0.05, 0) is 37.1 Å². The van der Waals surface area contributed by atoms with E-state index in [4.69, 9.17) is 0 Å². The summed E-state index contributed by atoms with van der Waals surface area (Å²) < 4.78 is 0. The molecule has 1 saturated heterocycles. The average Bonchev–Trinajstić information content (AvgIpc) is 2.93. The van der Waals surface area contributed by atoms with Crippen molar-refractivity contribution in [1.29, 1.82) is 0 Å². The van der Waals surface area contributed by atoms with Gasteiger partial charge >= 0.3 is 6.03 Å². The Morgan fingerprint density at radius 1 is 1.09 bits per heavy atom. The number of hydrogen-bond acceptors (Lipinski definition) is 2. The lowest BCUT2D eigenvalue weighted by Gasteiger charge is -2.40. The number of amides is 2. The highest BCUT2D eigenvalue weighted by molar-refractivity contribution is 5.91. The van der Waals surface area contributed by atoms with Crippen molar-refractivity contribution >= 4 is 17.4 Å². The van der Waals surface area contributed by atoms with Crippen LogP contribution in [0.15, 0.2) is 54.6 Å². The van der Waals surface area contributed by atoms with Crippen LogP contribution < -0.4 is 10.6 Å². The van der Waals surface area contributed by atoms with Gasteiger partial charge in [-0.3, -0.25) is 0 Å². The van der Waals surface area contributed by atoms with E-state index in [9.17, 15) is 4.79 Å². The predicted octanol–water partition coefficient (Wildman–Crippen LogP) is 4.02. The molecule has 2 N–H and O–H groups in total. The lowest BCUT2D eigenvalue weighted by molar-refractivity contribution is 0.160. The first kappa shape index (κ1) is 14.1. The van der Waals surface area contributed by atoms with Gasteiger partial charge < -0.3 is 15.5 Å². The lowest BCUT2D eigenvalue weighted by Crippen LogP contribution is -2.57. The molecule has 2 amide bonds. The third-order valence-electron chi connectivity index (χ3n) is 5.62. The molecular weight excluding hydrogens is 286 g/mol. The largest absolute Gasteiger partial charge is 0.362 e. The first-order valence-electron chi connectivity index (χ1n) is 8.06. The summed E-state index contributed by atoms with van der Waals surface area (Å²) in [6.45, 7) is 5.12. The molecule has 0 unspecified atom stereocenters. The van der Waals surface area contributed by atoms with E-state index in [0.717, 1.165) is 24.3 Å². The van der Waals surface area contributed by atoms with Gasteiger partial charge in [-0.2, -0.15) is 0 Å². The molecule has 2 aliphatic rings. The third-order valence-corrected chi connectivity index (χ3v) is 5.62. The molecule has 23 heavy (non-hydrogen) atoms. The summed E-state index contributed by atoms with van der Waals surface area (Å²) in [6.07, 6.45) is 0.954. The highest BCUT2D eigenvalue weighted by Gasteiger charge is 2.60. The Morgan fingerprint density at radius 2 is 1.78 bits per heavy atom. The quantitative estimate of drug-likeness (QED) is 0.835. The number of likely N-dealkylation sites (tertiary alicyclic amines) is 1. The van der Waals surface area contributed by atoms with E-state index in [1.165, 1.54) is 5.56 Å². The maximum absolute atomic E-state index is 12.8. The zero-order valence-corrected chi connectivity index (χ0v) is 13.5. The summed E-state index contributed by atoms with van der Waals surface area (Å²) in [5, 5.41) is 6.61. The van der Waals surface area contributed by atoms with Gasteiger partial charge in [-0.15, -0.1) is 0 Å². The van der Waals surface area contributed by atoms with E-state index in [0.29, 0.717) is 0 Å². The number of nitrogens with one attached hydrogen (secondary N) is 2. The van der Waals surface area contributed by atoms with Gasteiger partial charge in [0, 0.05) is 23.3 Å². The van der Waals surface area contributed by atoms with Crippen molar-refractivity contribution in [3.8, 4) is 0 Å². The Balaban J connectivity index is 1.65. The maximum atomic E-state index is 12.8. The second-order valence-corrected chi connectivity index (χ2v) is 6.77. The fraction of sp³-hybridized carbons (Fsp3) is 0.316. The minimum absolute atomic E-state index is 0.0530. The smallest absolute Gasteiger partial charge is 0.323 e. The molecule has 0 spiro atoms. The highest BCUT2D eigenvalue weighted by Crippen LogP contribution is 2.54. The molecule has 0 aromatic heterocycles. The molecule has 2 heterocycles. The SMILES string of the molecule is C[C@@]12CCN(C(=O)Nc3ccccc3)[C@]1(C)Nc1ccccc12. The Hall–Kier alpha value is -2.49. The molecule has 4 nitrogen and oxygen atoms in total. The molecule has 4 rings (SSSR count). The van der Waals surface area contributed by atoms with Crippen LogP contribution in [0.25, 0.3) is 0 Å². The monoisotopic (exact) mass is 307 g/mol. The first-order chi connectivity index (χ1) is 11.0. The fourth-order valence-electron chi connectivity index (χ4n) is 4.06. The zero-order chi connectivity index (χ0) is 16.1. The van der Waals surface area contributed by atoms with Crippen molar-refractivity contribution < 1.29 is 4.79 Å². The zero-order valence-electron chi connectivity index (χ0n) is 13.5. The third kappa shape index (κ3) is 1.87. The number of para-hydroxylation sites is 2. The number of nitrogens with zero attached hydrogens (tertiary/aromatic N) is 1. The number of rotatable bonds is 1. The number of benzene rings is 2. The van der Waals surface area contributed by atoms with E-state index in [1.807, 2.05) is 41.3 Å². The van der Waals surface area contributed by atoms with Crippen LogP contribution in [0.1, 0.15) is 25.8 Å². The van der Waals surface area contributed by atoms with E-state index in [-0.39, 0.29) is 11.4 Å². The minimum atomic E-state index is -0.407. The number of anilines is 2. The van der Waals surface area contributed by atoms with Crippen LogP contribution >= 0.6 is 0 Å². The molecule has 0 bridgehead atoms. The fourth-order valence-corrected chi connectivity index (χ4v) is 4.06. The Bertz CT molecular complexity index is 760. The van der Waals surface area contributed by atoms with Crippen LogP contribution in [0.4, 0.5) is 16.2 Å². The number of fused-ring (bicyclic) bond motifs is 3. The van der Waals surface area contributed by atoms with Crippen LogP contribution in [-0.2, 0) is 5.41 Å². The minimum Gasteiger partial charge on any atom is -0.362 e. The standard InChI is InChI=1S/C19H21N3O/c1-18-12-13-22(17(23)20-14-8-4-3-5-9-14)19(18,2)21-16-11-7-6-10-15(16)18/h3-11,21H,12-13H2,1-2H3,(H,20,23)/t18-,19-/m0/s1. The molecule has 4 heteroatoms. The van der Waals surface area contributed by atoms with Crippen LogP contribution in [-0.4, -0.2) is 23.1 Å². The average molecular weight is 307 g/mol. The molecule has 118 valence electrons. The van der Waals surface area contributed by atoms with Crippen molar-refractivity contribution in [2.45, 2.75) is 31.3 Å². The van der Waals surface area contributed by atoms with Crippen LogP contribution in [0.3, 0.4) is 0 Å². The van der Waals surface area contributed by atoms with Crippen LogP contribution in [0.2, 0.25) is 0 Å². The Labute approximate surface area is 136 Å². The molecule has 2 atom stereocenters. The summed E-state index contributed by atoms with van der Waals surface area (Å²) >= 11 is 0. The topological polar surface area (TPSA) is 44.4 Å². The lowest BCUT2D eigenvalue weighted by atomic mass is 9.75. The number of urea groups is 1. The molecule has 1 fully saturated rings. The second kappa shape index (κ2) is 4.75. The van der Waals surface area contributed by atoms with E-state index < -0.39 is 5.66 Å². The van der Waals surface area contributed by atoms with Crippen molar-refractivity contribution in [2.75, 3.05) is 17.2 Å². The second-order valence-electron chi connectivity index (χ2n) is 6.77. The van der Waals surface area contributed by atoms with Gasteiger partial charge in [0.1, 0.15) is 5.66 Å². The van der Waals surface area contributed by atoms with Gasteiger partial charge in [-0.1, -0.05) is 43.3 Å².